The number of hydrogen-bond donors (Lipinski definition) is 1. The standard InChI is InChI=1S/C19H16ClNO3S2/c1-2-23-15-9-13(10-16-18(22)21-19(25)26-16)8-14(20)17(15)24-11-12-6-4-3-5-7-12/h3-10H,2,11H2,1H3,(H,21,22,25)/b16-10+. The molecule has 1 aliphatic rings. The third-order valence-electron chi connectivity index (χ3n) is 3.50. The molecule has 2 aromatic rings. The lowest BCUT2D eigenvalue weighted by atomic mass is 10.1. The van der Waals surface area contributed by atoms with Crippen molar-refractivity contribution in [2.75, 3.05) is 6.61 Å². The SMILES string of the molecule is CCOc1cc(/C=C2/SC(=S)NC2=O)cc(Cl)c1OCc1ccccc1. The van der Waals surface area contributed by atoms with Gasteiger partial charge < -0.3 is 14.8 Å². The molecule has 1 heterocycles. The Labute approximate surface area is 166 Å². The summed E-state index contributed by atoms with van der Waals surface area (Å²) < 4.78 is 12.0. The van der Waals surface area contributed by atoms with Crippen LogP contribution in [-0.2, 0) is 11.4 Å². The second-order valence-electron chi connectivity index (χ2n) is 5.39. The topological polar surface area (TPSA) is 47.6 Å². The minimum atomic E-state index is -0.210. The van der Waals surface area contributed by atoms with Gasteiger partial charge in [0.25, 0.3) is 5.91 Å². The van der Waals surface area contributed by atoms with Crippen LogP contribution in [0.25, 0.3) is 6.08 Å². The zero-order valence-corrected chi connectivity index (χ0v) is 16.3. The van der Waals surface area contributed by atoms with Gasteiger partial charge in [-0.1, -0.05) is 65.9 Å². The number of thioether (sulfide) groups is 1. The zero-order valence-electron chi connectivity index (χ0n) is 14.0. The van der Waals surface area contributed by atoms with Crippen LogP contribution in [-0.4, -0.2) is 16.8 Å². The Balaban J connectivity index is 1.87. The maximum atomic E-state index is 11.8. The first kappa shape index (κ1) is 18.8. The van der Waals surface area contributed by atoms with Gasteiger partial charge in [-0.3, -0.25) is 4.79 Å². The highest BCUT2D eigenvalue weighted by Crippen LogP contribution is 2.38. The highest BCUT2D eigenvalue weighted by molar-refractivity contribution is 8.26. The third-order valence-corrected chi connectivity index (χ3v) is 4.94. The van der Waals surface area contributed by atoms with E-state index in [-0.39, 0.29) is 5.91 Å². The summed E-state index contributed by atoms with van der Waals surface area (Å²) in [4.78, 5) is 12.4. The summed E-state index contributed by atoms with van der Waals surface area (Å²) in [5, 5.41) is 3.01. The molecule has 0 bridgehead atoms. The molecular weight excluding hydrogens is 390 g/mol. The van der Waals surface area contributed by atoms with E-state index in [0.29, 0.717) is 39.0 Å². The maximum absolute atomic E-state index is 11.8. The lowest BCUT2D eigenvalue weighted by Crippen LogP contribution is -2.17. The van der Waals surface area contributed by atoms with Crippen molar-refractivity contribution >= 4 is 51.9 Å². The predicted molar refractivity (Wildman–Crippen MR) is 110 cm³/mol. The molecular formula is C19H16ClNO3S2. The lowest BCUT2D eigenvalue weighted by molar-refractivity contribution is -0.115. The minimum Gasteiger partial charge on any atom is -0.490 e. The summed E-state index contributed by atoms with van der Waals surface area (Å²) in [7, 11) is 0. The molecule has 2 aromatic carbocycles. The largest absolute Gasteiger partial charge is 0.490 e. The van der Waals surface area contributed by atoms with Crippen LogP contribution >= 0.6 is 35.6 Å². The fraction of sp³-hybridized carbons (Fsp3) is 0.158. The zero-order chi connectivity index (χ0) is 18.5. The smallest absolute Gasteiger partial charge is 0.263 e. The fourth-order valence-corrected chi connectivity index (χ4v) is 3.69. The van der Waals surface area contributed by atoms with E-state index in [2.05, 4.69) is 5.32 Å². The number of hydrogen-bond acceptors (Lipinski definition) is 5. The van der Waals surface area contributed by atoms with Crippen molar-refractivity contribution in [3.05, 3.63) is 63.5 Å². The Bertz CT molecular complexity index is 869. The number of carbonyl (C=O) groups excluding carboxylic acids is 1. The van der Waals surface area contributed by atoms with Gasteiger partial charge in [-0.25, -0.2) is 0 Å². The Morgan fingerprint density at radius 1 is 1.23 bits per heavy atom. The van der Waals surface area contributed by atoms with Gasteiger partial charge in [0.2, 0.25) is 0 Å². The van der Waals surface area contributed by atoms with Crippen LogP contribution in [0.3, 0.4) is 0 Å². The highest BCUT2D eigenvalue weighted by Gasteiger charge is 2.22. The molecule has 0 radical (unpaired) electrons. The van der Waals surface area contributed by atoms with E-state index in [0.717, 1.165) is 11.1 Å². The van der Waals surface area contributed by atoms with Crippen LogP contribution < -0.4 is 14.8 Å². The van der Waals surface area contributed by atoms with Gasteiger partial charge in [0.1, 0.15) is 10.9 Å². The van der Waals surface area contributed by atoms with E-state index in [1.165, 1.54) is 11.8 Å². The maximum Gasteiger partial charge on any atom is 0.263 e. The second-order valence-corrected chi connectivity index (χ2v) is 7.52. The van der Waals surface area contributed by atoms with E-state index in [1.807, 2.05) is 37.3 Å². The average molecular weight is 406 g/mol. The van der Waals surface area contributed by atoms with Gasteiger partial charge in [0.05, 0.1) is 16.5 Å². The van der Waals surface area contributed by atoms with E-state index >= 15 is 0 Å². The molecule has 1 fully saturated rings. The van der Waals surface area contributed by atoms with Crippen LogP contribution in [0.5, 0.6) is 11.5 Å². The van der Waals surface area contributed by atoms with Gasteiger partial charge in [0, 0.05) is 0 Å². The van der Waals surface area contributed by atoms with Crippen LogP contribution in [0, 0.1) is 0 Å². The molecule has 0 aliphatic carbocycles. The number of rotatable bonds is 6. The lowest BCUT2D eigenvalue weighted by Gasteiger charge is -2.14. The normalized spacial score (nSPS) is 15.2. The summed E-state index contributed by atoms with van der Waals surface area (Å²) in [6.07, 6.45) is 1.73. The molecule has 7 heteroatoms. The van der Waals surface area contributed by atoms with Gasteiger partial charge in [-0.05, 0) is 36.3 Å². The fourth-order valence-electron chi connectivity index (χ4n) is 2.38. The molecule has 1 N–H and O–H groups in total. The van der Waals surface area contributed by atoms with Crippen molar-refractivity contribution in [1.82, 2.24) is 5.32 Å². The molecule has 0 spiro atoms. The first-order chi connectivity index (χ1) is 12.6. The van der Waals surface area contributed by atoms with Gasteiger partial charge in [-0.2, -0.15) is 0 Å². The van der Waals surface area contributed by atoms with Gasteiger partial charge in [0.15, 0.2) is 11.5 Å². The Morgan fingerprint density at radius 3 is 2.65 bits per heavy atom. The number of halogens is 1. The van der Waals surface area contributed by atoms with E-state index in [9.17, 15) is 4.79 Å². The average Bonchev–Trinajstić information content (AvgIpc) is 2.92. The van der Waals surface area contributed by atoms with E-state index in [1.54, 1.807) is 18.2 Å². The van der Waals surface area contributed by atoms with Crippen molar-refractivity contribution in [1.29, 1.82) is 0 Å². The molecule has 1 aliphatic heterocycles. The molecule has 1 saturated heterocycles. The van der Waals surface area contributed by atoms with Crippen molar-refractivity contribution in [2.24, 2.45) is 0 Å². The molecule has 4 nitrogen and oxygen atoms in total. The molecule has 0 aromatic heterocycles. The van der Waals surface area contributed by atoms with Gasteiger partial charge in [-0.15, -0.1) is 0 Å². The predicted octanol–water partition coefficient (Wildman–Crippen LogP) is 4.81. The second kappa shape index (κ2) is 8.58. The Hall–Kier alpha value is -2.02. The van der Waals surface area contributed by atoms with Crippen LogP contribution in [0.1, 0.15) is 18.1 Å². The molecule has 134 valence electrons. The molecule has 0 saturated carbocycles. The summed E-state index contributed by atoms with van der Waals surface area (Å²) in [5.74, 6) is 0.811. The number of ether oxygens (including phenoxy) is 2. The molecule has 0 atom stereocenters. The summed E-state index contributed by atoms with van der Waals surface area (Å²) in [5.41, 5.74) is 1.78. The summed E-state index contributed by atoms with van der Waals surface area (Å²) in [6, 6.07) is 13.4. The van der Waals surface area contributed by atoms with Crippen LogP contribution in [0.4, 0.5) is 0 Å². The van der Waals surface area contributed by atoms with Crippen molar-refractivity contribution in [3.63, 3.8) is 0 Å². The molecule has 3 rings (SSSR count). The van der Waals surface area contributed by atoms with Crippen LogP contribution in [0.15, 0.2) is 47.4 Å². The van der Waals surface area contributed by atoms with Crippen molar-refractivity contribution in [2.45, 2.75) is 13.5 Å². The first-order valence-corrected chi connectivity index (χ1v) is 9.55. The third kappa shape index (κ3) is 4.58. The number of nitrogens with one attached hydrogen (secondary N) is 1. The van der Waals surface area contributed by atoms with Gasteiger partial charge >= 0.3 is 0 Å². The number of amides is 1. The van der Waals surface area contributed by atoms with E-state index < -0.39 is 0 Å². The number of carbonyl (C=O) groups is 1. The summed E-state index contributed by atoms with van der Waals surface area (Å²) >= 11 is 12.6. The number of benzene rings is 2. The van der Waals surface area contributed by atoms with Crippen molar-refractivity contribution in [3.8, 4) is 11.5 Å². The Kier molecular flexibility index (Phi) is 6.19. The quantitative estimate of drug-likeness (QED) is 0.552. The Morgan fingerprint density at radius 2 is 2.00 bits per heavy atom. The molecule has 26 heavy (non-hydrogen) atoms. The number of thiocarbonyl (C=S) groups is 1. The molecule has 0 unspecified atom stereocenters. The minimum absolute atomic E-state index is 0.210. The monoisotopic (exact) mass is 405 g/mol. The highest BCUT2D eigenvalue weighted by atomic mass is 35.5. The van der Waals surface area contributed by atoms with Crippen LogP contribution in [0.2, 0.25) is 5.02 Å². The van der Waals surface area contributed by atoms with E-state index in [4.69, 9.17) is 33.3 Å². The molecule has 1 amide bonds. The first-order valence-electron chi connectivity index (χ1n) is 7.94. The summed E-state index contributed by atoms with van der Waals surface area (Å²) in [6.45, 7) is 2.74. The van der Waals surface area contributed by atoms with Crippen molar-refractivity contribution < 1.29 is 14.3 Å².